The third kappa shape index (κ3) is 3.43. The highest BCUT2D eigenvalue weighted by Gasteiger charge is 2.43. The van der Waals surface area contributed by atoms with Crippen LogP contribution in [-0.4, -0.2) is 25.0 Å². The first-order chi connectivity index (χ1) is 16.0. The third-order valence-corrected chi connectivity index (χ3v) is 6.26. The van der Waals surface area contributed by atoms with Gasteiger partial charge in [-0.15, -0.1) is 0 Å². The van der Waals surface area contributed by atoms with Crippen molar-refractivity contribution in [1.29, 1.82) is 0 Å². The normalized spacial score (nSPS) is 15.1. The van der Waals surface area contributed by atoms with Gasteiger partial charge < -0.3 is 18.8 Å². The molecular formula is C26H20ClNO5. The van der Waals surface area contributed by atoms with Gasteiger partial charge in [0.2, 0.25) is 5.76 Å². The molecule has 166 valence electrons. The Bertz CT molecular complexity index is 1440. The molecule has 0 unspecified atom stereocenters. The van der Waals surface area contributed by atoms with Gasteiger partial charge in [0.05, 0.1) is 31.2 Å². The third-order valence-electron chi connectivity index (χ3n) is 5.90. The van der Waals surface area contributed by atoms with Crippen molar-refractivity contribution in [3.05, 3.63) is 104 Å². The molecule has 1 aliphatic rings. The summed E-state index contributed by atoms with van der Waals surface area (Å²) >= 11 is 6.40. The van der Waals surface area contributed by atoms with Crippen LogP contribution in [0.4, 0.5) is 0 Å². The lowest BCUT2D eigenvalue weighted by atomic mass is 9.97. The zero-order valence-electron chi connectivity index (χ0n) is 18.0. The standard InChI is InChI=1S/C26H20ClNO5/c1-31-20-12-11-15(13-21(20)32-2)23-22-24(29)17-8-4-6-10-19(17)33-25(22)26(30)28(23)14-16-7-3-5-9-18(16)27/h3-13,23H,14H2,1-2H3/t23-/m0/s1. The molecule has 1 aromatic heterocycles. The number of ether oxygens (including phenoxy) is 2. The average molecular weight is 462 g/mol. The van der Waals surface area contributed by atoms with Gasteiger partial charge in [-0.05, 0) is 41.5 Å². The van der Waals surface area contributed by atoms with Gasteiger partial charge in [0.15, 0.2) is 16.9 Å². The summed E-state index contributed by atoms with van der Waals surface area (Å²) in [6.07, 6.45) is 0. The molecule has 0 radical (unpaired) electrons. The van der Waals surface area contributed by atoms with E-state index in [1.54, 1.807) is 61.6 Å². The molecule has 0 saturated heterocycles. The molecule has 0 saturated carbocycles. The van der Waals surface area contributed by atoms with Crippen molar-refractivity contribution in [3.8, 4) is 11.5 Å². The summed E-state index contributed by atoms with van der Waals surface area (Å²) in [6, 6.07) is 18.9. The summed E-state index contributed by atoms with van der Waals surface area (Å²) in [5.41, 5.74) is 1.91. The molecule has 0 N–H and O–H groups in total. The maximum atomic E-state index is 13.6. The second-order valence-electron chi connectivity index (χ2n) is 7.71. The van der Waals surface area contributed by atoms with Crippen LogP contribution in [0.2, 0.25) is 5.02 Å². The number of benzene rings is 3. The fraction of sp³-hybridized carbons (Fsp3) is 0.154. The number of halogens is 1. The van der Waals surface area contributed by atoms with Crippen molar-refractivity contribution in [2.24, 2.45) is 0 Å². The Balaban J connectivity index is 1.74. The minimum atomic E-state index is -0.676. The maximum absolute atomic E-state index is 13.6. The van der Waals surface area contributed by atoms with Gasteiger partial charge in [-0.1, -0.05) is 48.0 Å². The number of methoxy groups -OCH3 is 2. The average Bonchev–Trinajstić information content (AvgIpc) is 3.12. The maximum Gasteiger partial charge on any atom is 0.291 e. The van der Waals surface area contributed by atoms with Gasteiger partial charge in [-0.25, -0.2) is 0 Å². The number of rotatable bonds is 5. The van der Waals surface area contributed by atoms with Gasteiger partial charge in [0.25, 0.3) is 5.91 Å². The molecule has 2 heterocycles. The van der Waals surface area contributed by atoms with E-state index < -0.39 is 6.04 Å². The number of nitrogens with zero attached hydrogens (tertiary/aromatic N) is 1. The molecule has 5 rings (SSSR count). The summed E-state index contributed by atoms with van der Waals surface area (Å²) < 4.78 is 16.8. The monoisotopic (exact) mass is 461 g/mol. The summed E-state index contributed by atoms with van der Waals surface area (Å²) in [5.74, 6) is 0.728. The molecule has 1 atom stereocenters. The van der Waals surface area contributed by atoms with E-state index in [2.05, 4.69) is 0 Å². The minimum Gasteiger partial charge on any atom is -0.493 e. The minimum absolute atomic E-state index is 0.0468. The Morgan fingerprint density at radius 1 is 0.939 bits per heavy atom. The number of hydrogen-bond acceptors (Lipinski definition) is 5. The summed E-state index contributed by atoms with van der Waals surface area (Å²) in [7, 11) is 3.09. The molecule has 7 heteroatoms. The number of fused-ring (bicyclic) bond motifs is 2. The molecule has 6 nitrogen and oxygen atoms in total. The van der Waals surface area contributed by atoms with Crippen molar-refractivity contribution in [1.82, 2.24) is 4.90 Å². The molecule has 0 aliphatic carbocycles. The van der Waals surface area contributed by atoms with Crippen molar-refractivity contribution in [2.45, 2.75) is 12.6 Å². The Kier molecular flexibility index (Phi) is 5.30. The molecule has 4 aromatic rings. The molecular weight excluding hydrogens is 442 g/mol. The second kappa shape index (κ2) is 8.30. The lowest BCUT2D eigenvalue weighted by molar-refractivity contribution is 0.0714. The summed E-state index contributed by atoms with van der Waals surface area (Å²) in [5, 5.41) is 0.964. The Hall–Kier alpha value is -3.77. The quantitative estimate of drug-likeness (QED) is 0.408. The van der Waals surface area contributed by atoms with Crippen LogP contribution < -0.4 is 14.9 Å². The van der Waals surface area contributed by atoms with Crippen LogP contribution in [0.15, 0.2) is 75.9 Å². The predicted molar refractivity (Wildman–Crippen MR) is 125 cm³/mol. The van der Waals surface area contributed by atoms with E-state index in [4.69, 9.17) is 25.5 Å². The topological polar surface area (TPSA) is 69.0 Å². The molecule has 0 bridgehead atoms. The lowest BCUT2D eigenvalue weighted by Crippen LogP contribution is -2.29. The van der Waals surface area contributed by atoms with Crippen LogP contribution in [0.3, 0.4) is 0 Å². The van der Waals surface area contributed by atoms with Crippen molar-refractivity contribution in [2.75, 3.05) is 14.2 Å². The first-order valence-electron chi connectivity index (χ1n) is 10.4. The van der Waals surface area contributed by atoms with Crippen molar-refractivity contribution < 1.29 is 18.7 Å². The van der Waals surface area contributed by atoms with E-state index in [0.717, 1.165) is 5.56 Å². The SMILES string of the molecule is COc1ccc([C@H]2c3c(oc4ccccc4c3=O)C(=O)N2Cc2ccccc2Cl)cc1OC. The van der Waals surface area contributed by atoms with E-state index in [-0.39, 0.29) is 23.6 Å². The number of carbonyl (C=O) groups is 1. The van der Waals surface area contributed by atoms with Crippen LogP contribution in [-0.2, 0) is 6.54 Å². The van der Waals surface area contributed by atoms with E-state index in [0.29, 0.717) is 38.6 Å². The van der Waals surface area contributed by atoms with E-state index in [1.807, 2.05) is 24.3 Å². The number of hydrogen-bond donors (Lipinski definition) is 0. The van der Waals surface area contributed by atoms with Gasteiger partial charge in [0, 0.05) is 11.6 Å². The molecule has 1 aliphatic heterocycles. The highest BCUT2D eigenvalue weighted by atomic mass is 35.5. The van der Waals surface area contributed by atoms with E-state index in [1.165, 1.54) is 0 Å². The van der Waals surface area contributed by atoms with Crippen LogP contribution >= 0.6 is 11.6 Å². The van der Waals surface area contributed by atoms with E-state index >= 15 is 0 Å². The summed E-state index contributed by atoms with van der Waals surface area (Å²) in [4.78, 5) is 28.7. The fourth-order valence-electron chi connectivity index (χ4n) is 4.31. The van der Waals surface area contributed by atoms with E-state index in [9.17, 15) is 9.59 Å². The first kappa shape index (κ1) is 21.1. The van der Waals surface area contributed by atoms with Crippen LogP contribution in [0.5, 0.6) is 11.5 Å². The van der Waals surface area contributed by atoms with Gasteiger partial charge in [-0.2, -0.15) is 0 Å². The largest absolute Gasteiger partial charge is 0.493 e. The zero-order chi connectivity index (χ0) is 23.1. The number of para-hydroxylation sites is 1. The molecule has 0 fully saturated rings. The summed E-state index contributed by atoms with van der Waals surface area (Å²) in [6.45, 7) is 0.206. The molecule has 1 amide bonds. The predicted octanol–water partition coefficient (Wildman–Crippen LogP) is 5.21. The van der Waals surface area contributed by atoms with Crippen LogP contribution in [0, 0.1) is 0 Å². The first-order valence-corrected chi connectivity index (χ1v) is 10.7. The second-order valence-corrected chi connectivity index (χ2v) is 8.12. The van der Waals surface area contributed by atoms with Crippen LogP contribution in [0.1, 0.15) is 33.3 Å². The number of amides is 1. The van der Waals surface area contributed by atoms with Gasteiger partial charge in [0.1, 0.15) is 5.58 Å². The molecule has 33 heavy (non-hydrogen) atoms. The Morgan fingerprint density at radius 2 is 1.67 bits per heavy atom. The van der Waals surface area contributed by atoms with Crippen molar-refractivity contribution >= 4 is 28.5 Å². The van der Waals surface area contributed by atoms with Gasteiger partial charge >= 0.3 is 0 Å². The highest BCUT2D eigenvalue weighted by molar-refractivity contribution is 6.31. The highest BCUT2D eigenvalue weighted by Crippen LogP contribution is 2.42. The Labute approximate surface area is 194 Å². The molecule has 3 aromatic carbocycles. The van der Waals surface area contributed by atoms with Crippen molar-refractivity contribution in [3.63, 3.8) is 0 Å². The molecule has 0 spiro atoms. The van der Waals surface area contributed by atoms with Gasteiger partial charge in [-0.3, -0.25) is 9.59 Å². The zero-order valence-corrected chi connectivity index (χ0v) is 18.8. The Morgan fingerprint density at radius 3 is 2.42 bits per heavy atom. The number of carbonyl (C=O) groups excluding carboxylic acids is 1. The van der Waals surface area contributed by atoms with Crippen LogP contribution in [0.25, 0.3) is 11.0 Å². The smallest absolute Gasteiger partial charge is 0.291 e. The fourth-order valence-corrected chi connectivity index (χ4v) is 4.51. The lowest BCUT2D eigenvalue weighted by Gasteiger charge is -2.26.